The number of aromatic nitrogens is 4. The molecule has 2 aliphatic rings. The first-order chi connectivity index (χ1) is 17.7. The predicted molar refractivity (Wildman–Crippen MR) is 129 cm³/mol. The van der Waals surface area contributed by atoms with Crippen LogP contribution in [0.2, 0.25) is 0 Å². The lowest BCUT2D eigenvalue weighted by Crippen LogP contribution is -2.32. The molecule has 2 aliphatic heterocycles. The van der Waals surface area contributed by atoms with Crippen molar-refractivity contribution in [1.82, 2.24) is 24.1 Å². The molecule has 2 N–H and O–H groups in total. The summed E-state index contributed by atoms with van der Waals surface area (Å²) in [6.45, 7) is 4.38. The van der Waals surface area contributed by atoms with Crippen LogP contribution in [0, 0.1) is 11.7 Å². The van der Waals surface area contributed by atoms with Crippen molar-refractivity contribution < 1.29 is 23.5 Å². The molecule has 0 spiro atoms. The zero-order chi connectivity index (χ0) is 26.3. The second-order valence-corrected chi connectivity index (χ2v) is 9.33. The molecule has 12 nitrogen and oxygen atoms in total. The SMILES string of the molecule is CC(C)N1Cc2c(n(CC(=O)Nc3ccc(F)cn3)c3cc(NC(=O)C4CCOCC4)nn3c2=O)C1=O. The van der Waals surface area contributed by atoms with Gasteiger partial charge >= 0.3 is 0 Å². The molecular formula is C24H26FN7O5. The van der Waals surface area contributed by atoms with Crippen molar-refractivity contribution >= 4 is 35.0 Å². The summed E-state index contributed by atoms with van der Waals surface area (Å²) in [6.07, 6.45) is 2.13. The van der Waals surface area contributed by atoms with Crippen LogP contribution in [0.4, 0.5) is 16.0 Å². The summed E-state index contributed by atoms with van der Waals surface area (Å²) in [4.78, 5) is 57.6. The number of halogens is 1. The monoisotopic (exact) mass is 511 g/mol. The first-order valence-corrected chi connectivity index (χ1v) is 12.0. The fraction of sp³-hybridized carbons (Fsp3) is 0.417. The number of carbonyl (C=O) groups excluding carboxylic acids is 3. The van der Waals surface area contributed by atoms with Gasteiger partial charge < -0.3 is 24.8 Å². The van der Waals surface area contributed by atoms with Crippen LogP contribution in [0.15, 0.2) is 29.2 Å². The molecule has 0 radical (unpaired) electrons. The average Bonchev–Trinajstić information content (AvgIpc) is 3.45. The van der Waals surface area contributed by atoms with Gasteiger partial charge in [0.05, 0.1) is 18.3 Å². The number of pyridine rings is 1. The van der Waals surface area contributed by atoms with Crippen molar-refractivity contribution in [3.05, 3.63) is 51.8 Å². The molecule has 5 rings (SSSR count). The van der Waals surface area contributed by atoms with Crippen LogP contribution in [0.25, 0.3) is 5.65 Å². The first kappa shape index (κ1) is 24.6. The highest BCUT2D eigenvalue weighted by molar-refractivity contribution is 5.99. The Hall–Kier alpha value is -4.13. The van der Waals surface area contributed by atoms with Gasteiger partial charge in [-0.05, 0) is 38.8 Å². The summed E-state index contributed by atoms with van der Waals surface area (Å²) < 4.78 is 21.0. The number of hydrogen-bond donors (Lipinski definition) is 2. The summed E-state index contributed by atoms with van der Waals surface area (Å²) in [7, 11) is 0. The minimum absolute atomic E-state index is 0.0748. The Bertz CT molecular complexity index is 1440. The van der Waals surface area contributed by atoms with Gasteiger partial charge in [0.25, 0.3) is 11.5 Å². The maximum absolute atomic E-state index is 13.3. The third kappa shape index (κ3) is 4.69. The maximum Gasteiger partial charge on any atom is 0.280 e. The number of carbonyl (C=O) groups is 3. The number of anilines is 2. The molecule has 5 heterocycles. The standard InChI is InChI=1S/C24H26FN7O5/c1-13(2)30-11-16-21(24(30)36)31(12-19(33)27-17-4-3-15(25)10-26-17)20-9-18(29-32(20)23(16)35)28-22(34)14-5-7-37-8-6-14/h3-4,9-10,13-14H,5-8,11-12H2,1-2H3,(H,26,27,33)(H,28,29,34). The number of hydrogen-bond acceptors (Lipinski definition) is 7. The normalized spacial score (nSPS) is 15.9. The zero-order valence-corrected chi connectivity index (χ0v) is 20.4. The Morgan fingerprint density at radius 3 is 2.59 bits per heavy atom. The van der Waals surface area contributed by atoms with Crippen molar-refractivity contribution in [3.8, 4) is 0 Å². The summed E-state index contributed by atoms with van der Waals surface area (Å²) in [5.74, 6) is -1.68. The number of nitrogens with zero attached hydrogens (tertiary/aromatic N) is 5. The van der Waals surface area contributed by atoms with E-state index in [4.69, 9.17) is 4.74 Å². The van der Waals surface area contributed by atoms with Gasteiger partial charge in [-0.2, -0.15) is 4.52 Å². The Balaban J connectivity index is 1.52. The van der Waals surface area contributed by atoms with Gasteiger partial charge in [0.1, 0.15) is 29.5 Å². The Kier molecular flexibility index (Phi) is 6.46. The lowest BCUT2D eigenvalue weighted by atomic mass is 9.99. The molecule has 1 fully saturated rings. The highest BCUT2D eigenvalue weighted by atomic mass is 19.1. The van der Waals surface area contributed by atoms with Crippen LogP contribution >= 0.6 is 0 Å². The predicted octanol–water partition coefficient (Wildman–Crippen LogP) is 1.40. The molecule has 0 unspecified atom stereocenters. The quantitative estimate of drug-likeness (QED) is 0.510. The van der Waals surface area contributed by atoms with Crippen LogP contribution < -0.4 is 16.2 Å². The first-order valence-electron chi connectivity index (χ1n) is 12.0. The lowest BCUT2D eigenvalue weighted by molar-refractivity contribution is -0.122. The molecule has 37 heavy (non-hydrogen) atoms. The topological polar surface area (TPSA) is 140 Å². The van der Waals surface area contributed by atoms with E-state index in [1.807, 2.05) is 13.8 Å². The summed E-state index contributed by atoms with van der Waals surface area (Å²) in [5, 5.41) is 9.60. The molecular weight excluding hydrogens is 485 g/mol. The zero-order valence-electron chi connectivity index (χ0n) is 20.4. The van der Waals surface area contributed by atoms with Gasteiger partial charge in [0, 0.05) is 31.2 Å². The summed E-state index contributed by atoms with van der Waals surface area (Å²) in [5.41, 5.74) is -0.0166. The number of ether oxygens (including phenoxy) is 1. The Morgan fingerprint density at radius 2 is 1.92 bits per heavy atom. The molecule has 0 saturated carbocycles. The van der Waals surface area contributed by atoms with E-state index in [0.29, 0.717) is 26.1 Å². The van der Waals surface area contributed by atoms with Crippen LogP contribution in [-0.4, -0.2) is 61.0 Å². The third-order valence-electron chi connectivity index (χ3n) is 6.53. The smallest absolute Gasteiger partial charge is 0.280 e. The number of nitrogens with one attached hydrogen (secondary N) is 2. The Morgan fingerprint density at radius 1 is 1.16 bits per heavy atom. The molecule has 13 heteroatoms. The number of rotatable bonds is 6. The van der Waals surface area contributed by atoms with E-state index in [0.717, 1.165) is 16.8 Å². The second-order valence-electron chi connectivity index (χ2n) is 9.33. The van der Waals surface area contributed by atoms with Crippen molar-refractivity contribution in [3.63, 3.8) is 0 Å². The van der Waals surface area contributed by atoms with Gasteiger partial charge in [-0.15, -0.1) is 5.10 Å². The van der Waals surface area contributed by atoms with Gasteiger partial charge in [0.15, 0.2) is 5.82 Å². The van der Waals surface area contributed by atoms with Gasteiger partial charge in [-0.25, -0.2) is 9.37 Å². The van der Waals surface area contributed by atoms with E-state index >= 15 is 0 Å². The van der Waals surface area contributed by atoms with Crippen LogP contribution in [-0.2, 0) is 27.4 Å². The van der Waals surface area contributed by atoms with Gasteiger partial charge in [-0.3, -0.25) is 19.2 Å². The minimum atomic E-state index is -0.549. The van der Waals surface area contributed by atoms with E-state index in [-0.39, 0.29) is 65.4 Å². The third-order valence-corrected chi connectivity index (χ3v) is 6.53. The molecule has 3 aromatic heterocycles. The van der Waals surface area contributed by atoms with E-state index in [2.05, 4.69) is 20.7 Å². The highest BCUT2D eigenvalue weighted by Gasteiger charge is 2.36. The van der Waals surface area contributed by atoms with Gasteiger partial charge in [-0.1, -0.05) is 0 Å². The summed E-state index contributed by atoms with van der Waals surface area (Å²) in [6, 6.07) is 3.76. The van der Waals surface area contributed by atoms with Crippen LogP contribution in [0.1, 0.15) is 42.7 Å². The Labute approximate surface area is 210 Å². The summed E-state index contributed by atoms with van der Waals surface area (Å²) >= 11 is 0. The van der Waals surface area contributed by atoms with E-state index < -0.39 is 17.3 Å². The van der Waals surface area contributed by atoms with Crippen LogP contribution in [0.3, 0.4) is 0 Å². The molecule has 194 valence electrons. The molecule has 0 aliphatic carbocycles. The molecule has 3 aromatic rings. The maximum atomic E-state index is 13.3. The van der Waals surface area contributed by atoms with Crippen molar-refractivity contribution in [2.45, 2.75) is 45.8 Å². The van der Waals surface area contributed by atoms with Crippen LogP contribution in [0.5, 0.6) is 0 Å². The fourth-order valence-corrected chi connectivity index (χ4v) is 4.59. The van der Waals surface area contributed by atoms with Crippen molar-refractivity contribution in [2.24, 2.45) is 5.92 Å². The average molecular weight is 512 g/mol. The number of fused-ring (bicyclic) bond motifs is 2. The van der Waals surface area contributed by atoms with E-state index in [1.165, 1.54) is 21.6 Å². The van der Waals surface area contributed by atoms with Gasteiger partial charge in [0.2, 0.25) is 11.8 Å². The molecule has 0 aromatic carbocycles. The lowest BCUT2D eigenvalue weighted by Gasteiger charge is -2.20. The molecule has 0 atom stereocenters. The minimum Gasteiger partial charge on any atom is -0.381 e. The molecule has 0 bridgehead atoms. The fourth-order valence-electron chi connectivity index (χ4n) is 4.59. The van der Waals surface area contributed by atoms with E-state index in [9.17, 15) is 23.6 Å². The van der Waals surface area contributed by atoms with Crippen molar-refractivity contribution in [1.29, 1.82) is 0 Å². The largest absolute Gasteiger partial charge is 0.381 e. The molecule has 3 amide bonds. The number of amides is 3. The second kappa shape index (κ2) is 9.73. The van der Waals surface area contributed by atoms with E-state index in [1.54, 1.807) is 0 Å². The van der Waals surface area contributed by atoms with Crippen molar-refractivity contribution in [2.75, 3.05) is 23.8 Å². The molecule has 1 saturated heterocycles. The highest BCUT2D eigenvalue weighted by Crippen LogP contribution is 2.25.